The normalized spacial score (nSPS) is 14.5. The van der Waals surface area contributed by atoms with Crippen LogP contribution >= 0.6 is 0 Å². The Labute approximate surface area is 200 Å². The van der Waals surface area contributed by atoms with E-state index in [0.29, 0.717) is 19.3 Å². The van der Waals surface area contributed by atoms with Crippen LogP contribution in [0.4, 0.5) is 4.79 Å². The fraction of sp³-hybridized carbons (Fsp3) is 0.444. The van der Waals surface area contributed by atoms with Crippen molar-refractivity contribution in [2.45, 2.75) is 65.0 Å². The molecule has 2 amide bonds. The minimum absolute atomic E-state index is 0.0889. The van der Waals surface area contributed by atoms with Crippen molar-refractivity contribution in [3.05, 3.63) is 59.7 Å². The van der Waals surface area contributed by atoms with Crippen LogP contribution in [0.3, 0.4) is 0 Å². The van der Waals surface area contributed by atoms with Gasteiger partial charge in [-0.15, -0.1) is 0 Å². The highest BCUT2D eigenvalue weighted by Crippen LogP contribution is 2.44. The summed E-state index contributed by atoms with van der Waals surface area (Å²) in [7, 11) is 0. The lowest BCUT2D eigenvalue weighted by molar-refractivity contribution is -0.142. The molecule has 0 spiro atoms. The van der Waals surface area contributed by atoms with Crippen LogP contribution in [-0.4, -0.2) is 41.8 Å². The van der Waals surface area contributed by atoms with E-state index in [1.54, 1.807) is 0 Å². The SMILES string of the molecule is CCCC(NC(=O)C(CC(C)(C)C)NC(=O)OCC1c2ccccc2-c2ccccc21)C(=O)O. The summed E-state index contributed by atoms with van der Waals surface area (Å²) in [6.07, 6.45) is 0.560. The van der Waals surface area contributed by atoms with Gasteiger partial charge in [-0.2, -0.15) is 0 Å². The summed E-state index contributed by atoms with van der Waals surface area (Å²) in [6, 6.07) is 14.2. The Morgan fingerprint density at radius 2 is 1.50 bits per heavy atom. The van der Waals surface area contributed by atoms with Crippen molar-refractivity contribution in [3.8, 4) is 11.1 Å². The fourth-order valence-electron chi connectivity index (χ4n) is 4.42. The average Bonchev–Trinajstić information content (AvgIpc) is 3.09. The summed E-state index contributed by atoms with van der Waals surface area (Å²) in [5.74, 6) is -1.70. The molecule has 0 saturated carbocycles. The lowest BCUT2D eigenvalue weighted by atomic mass is 9.87. The number of carbonyl (C=O) groups is 3. The highest BCUT2D eigenvalue weighted by atomic mass is 16.5. The molecule has 1 aliphatic carbocycles. The molecule has 2 aromatic rings. The molecule has 0 aliphatic heterocycles. The number of hydrogen-bond donors (Lipinski definition) is 3. The molecule has 7 nitrogen and oxygen atoms in total. The van der Waals surface area contributed by atoms with Crippen molar-refractivity contribution >= 4 is 18.0 Å². The number of alkyl carbamates (subject to hydrolysis) is 1. The van der Waals surface area contributed by atoms with Crippen molar-refractivity contribution in [2.75, 3.05) is 6.61 Å². The zero-order valence-corrected chi connectivity index (χ0v) is 20.3. The quantitative estimate of drug-likeness (QED) is 0.497. The number of hydrogen-bond acceptors (Lipinski definition) is 4. The van der Waals surface area contributed by atoms with Crippen LogP contribution < -0.4 is 10.6 Å². The summed E-state index contributed by atoms with van der Waals surface area (Å²) >= 11 is 0. The van der Waals surface area contributed by atoms with E-state index in [9.17, 15) is 19.5 Å². The smallest absolute Gasteiger partial charge is 0.407 e. The second-order valence-corrected chi connectivity index (χ2v) is 9.98. The first kappa shape index (κ1) is 25.3. The van der Waals surface area contributed by atoms with Crippen molar-refractivity contribution in [1.82, 2.24) is 10.6 Å². The molecule has 3 N–H and O–H groups in total. The monoisotopic (exact) mass is 466 g/mol. The number of amides is 2. The Morgan fingerprint density at radius 1 is 0.941 bits per heavy atom. The van der Waals surface area contributed by atoms with Gasteiger partial charge in [-0.25, -0.2) is 9.59 Å². The second kappa shape index (κ2) is 10.7. The molecular weight excluding hydrogens is 432 g/mol. The van der Waals surface area contributed by atoms with Gasteiger partial charge in [-0.1, -0.05) is 82.6 Å². The fourth-order valence-corrected chi connectivity index (χ4v) is 4.42. The Morgan fingerprint density at radius 3 is 2.00 bits per heavy atom. The molecular formula is C27H34N2O5. The molecule has 1 aliphatic rings. The van der Waals surface area contributed by atoms with E-state index in [1.807, 2.05) is 64.1 Å². The molecule has 34 heavy (non-hydrogen) atoms. The third-order valence-electron chi connectivity index (χ3n) is 5.96. The van der Waals surface area contributed by atoms with Crippen LogP contribution in [0.5, 0.6) is 0 Å². The minimum atomic E-state index is -1.09. The number of carboxylic acid groups (broad SMARTS) is 1. The number of aliphatic carboxylic acids is 1. The van der Waals surface area contributed by atoms with Crippen LogP contribution in [-0.2, 0) is 14.3 Å². The summed E-state index contributed by atoms with van der Waals surface area (Å²) in [4.78, 5) is 37.1. The first-order chi connectivity index (χ1) is 16.1. The number of carbonyl (C=O) groups excluding carboxylic acids is 2. The molecule has 3 rings (SSSR count). The van der Waals surface area contributed by atoms with Gasteiger partial charge in [0.15, 0.2) is 0 Å². The molecule has 2 atom stereocenters. The Kier molecular flexibility index (Phi) is 7.97. The molecule has 0 saturated heterocycles. The number of benzene rings is 2. The Hall–Kier alpha value is -3.35. The first-order valence-electron chi connectivity index (χ1n) is 11.8. The molecule has 7 heteroatoms. The van der Waals surface area contributed by atoms with Crippen LogP contribution in [0.25, 0.3) is 11.1 Å². The van der Waals surface area contributed by atoms with Gasteiger partial charge < -0.3 is 20.5 Å². The van der Waals surface area contributed by atoms with Crippen molar-refractivity contribution in [2.24, 2.45) is 5.41 Å². The van der Waals surface area contributed by atoms with Gasteiger partial charge >= 0.3 is 12.1 Å². The molecule has 2 unspecified atom stereocenters. The van der Waals surface area contributed by atoms with Gasteiger partial charge in [-0.05, 0) is 40.5 Å². The number of fused-ring (bicyclic) bond motifs is 3. The van der Waals surface area contributed by atoms with Crippen molar-refractivity contribution in [3.63, 3.8) is 0 Å². The van der Waals surface area contributed by atoms with Gasteiger partial charge in [0.1, 0.15) is 18.7 Å². The van der Waals surface area contributed by atoms with Crippen LogP contribution in [0, 0.1) is 5.41 Å². The van der Waals surface area contributed by atoms with E-state index in [4.69, 9.17) is 4.74 Å². The van der Waals surface area contributed by atoms with Gasteiger partial charge in [0, 0.05) is 5.92 Å². The van der Waals surface area contributed by atoms with E-state index >= 15 is 0 Å². The topological polar surface area (TPSA) is 105 Å². The van der Waals surface area contributed by atoms with E-state index in [2.05, 4.69) is 22.8 Å². The van der Waals surface area contributed by atoms with E-state index in [-0.39, 0.29) is 17.9 Å². The van der Waals surface area contributed by atoms with Gasteiger partial charge in [-0.3, -0.25) is 4.79 Å². The minimum Gasteiger partial charge on any atom is -0.480 e. The zero-order valence-electron chi connectivity index (χ0n) is 20.3. The average molecular weight is 467 g/mol. The summed E-state index contributed by atoms with van der Waals surface area (Å²) in [6.45, 7) is 7.84. The predicted octanol–water partition coefficient (Wildman–Crippen LogP) is 4.70. The Balaban J connectivity index is 1.69. The third kappa shape index (κ3) is 6.16. The Bertz CT molecular complexity index is 998. The zero-order chi connectivity index (χ0) is 24.9. The molecule has 0 aromatic heterocycles. The summed E-state index contributed by atoms with van der Waals surface area (Å²) < 4.78 is 5.59. The number of ether oxygens (including phenoxy) is 1. The van der Waals surface area contributed by atoms with Gasteiger partial charge in [0.2, 0.25) is 5.91 Å². The predicted molar refractivity (Wildman–Crippen MR) is 131 cm³/mol. The van der Waals surface area contributed by atoms with E-state index in [1.165, 1.54) is 0 Å². The summed E-state index contributed by atoms with van der Waals surface area (Å²) in [5, 5.41) is 14.6. The number of carboxylic acids is 1. The van der Waals surface area contributed by atoms with Crippen molar-refractivity contribution < 1.29 is 24.2 Å². The van der Waals surface area contributed by atoms with E-state index in [0.717, 1.165) is 22.3 Å². The molecule has 0 fully saturated rings. The molecule has 0 bridgehead atoms. The maximum Gasteiger partial charge on any atom is 0.407 e. The number of nitrogens with one attached hydrogen (secondary N) is 2. The van der Waals surface area contributed by atoms with Crippen LogP contribution in [0.1, 0.15) is 64.0 Å². The lowest BCUT2D eigenvalue weighted by Crippen LogP contribution is -2.52. The molecule has 2 aromatic carbocycles. The van der Waals surface area contributed by atoms with Gasteiger partial charge in [0.05, 0.1) is 0 Å². The van der Waals surface area contributed by atoms with Crippen LogP contribution in [0.15, 0.2) is 48.5 Å². The van der Waals surface area contributed by atoms with Crippen LogP contribution in [0.2, 0.25) is 0 Å². The second-order valence-electron chi connectivity index (χ2n) is 9.98. The number of rotatable bonds is 9. The molecule has 182 valence electrons. The maximum absolute atomic E-state index is 12.9. The van der Waals surface area contributed by atoms with Crippen molar-refractivity contribution in [1.29, 1.82) is 0 Å². The third-order valence-corrected chi connectivity index (χ3v) is 5.96. The summed E-state index contributed by atoms with van der Waals surface area (Å²) in [5.41, 5.74) is 4.19. The highest BCUT2D eigenvalue weighted by molar-refractivity contribution is 5.89. The molecule has 0 radical (unpaired) electrons. The maximum atomic E-state index is 12.9. The lowest BCUT2D eigenvalue weighted by Gasteiger charge is -2.27. The molecule has 0 heterocycles. The van der Waals surface area contributed by atoms with Gasteiger partial charge in [0.25, 0.3) is 0 Å². The van der Waals surface area contributed by atoms with E-state index < -0.39 is 30.1 Å². The standard InChI is InChI=1S/C27H34N2O5/c1-5-10-22(25(31)32)28-24(30)23(15-27(2,3)4)29-26(33)34-16-21-19-13-8-6-11-17(19)18-12-7-9-14-20(18)21/h6-9,11-14,21-23H,5,10,15-16H2,1-4H3,(H,28,30)(H,29,33)(H,31,32). The highest BCUT2D eigenvalue weighted by Gasteiger charge is 2.32. The largest absolute Gasteiger partial charge is 0.480 e. The first-order valence-corrected chi connectivity index (χ1v) is 11.8.